The van der Waals surface area contributed by atoms with E-state index >= 15 is 8.78 Å². The second-order valence-corrected chi connectivity index (χ2v) is 22.7. The minimum absolute atomic E-state index is 0.00914. The van der Waals surface area contributed by atoms with Crippen LogP contribution in [0.5, 0.6) is 0 Å². The summed E-state index contributed by atoms with van der Waals surface area (Å²) in [4.78, 5) is 75.2. The molecule has 0 saturated carbocycles. The van der Waals surface area contributed by atoms with Gasteiger partial charge in [-0.3, -0.25) is 4.79 Å². The smallest absolute Gasteiger partial charge is 0.335 e. The van der Waals surface area contributed by atoms with Gasteiger partial charge >= 0.3 is 18.0 Å². The van der Waals surface area contributed by atoms with Gasteiger partial charge in [-0.15, -0.1) is 0 Å². The SMILES string of the molecule is Cc1ccc(C(=O)Nc2ccc(-c3ccccc3)cc2)cc1-c1nc(NCCN(C)C)nc2c1CNC(=O)N2c1c(F)cccc1F.Cc1ccc(C(=O)O)cc1-c1nc(NCCN(C)C)nc2c1CNC(=O)N2c1c(F)cccc1F.Nc1ccc(-c2ccccc2)cc1. The minimum atomic E-state index is -1.11. The normalized spacial score (nSPS) is 12.3. The first kappa shape index (κ1) is 66.4. The van der Waals surface area contributed by atoms with Crippen molar-refractivity contribution in [1.82, 2.24) is 40.4 Å². The number of anilines is 8. The largest absolute Gasteiger partial charge is 0.478 e. The van der Waals surface area contributed by atoms with Crippen molar-refractivity contribution in [2.75, 3.05) is 85.9 Å². The number of para-hydroxylation sites is 2. The molecule has 95 heavy (non-hydrogen) atoms. The Kier molecular flexibility index (Phi) is 20.8. The van der Waals surface area contributed by atoms with Gasteiger partial charge in [0.2, 0.25) is 11.9 Å². The van der Waals surface area contributed by atoms with Crippen molar-refractivity contribution in [1.29, 1.82) is 0 Å². The number of hydrogen-bond donors (Lipinski definition) is 7. The lowest BCUT2D eigenvalue weighted by molar-refractivity contribution is 0.0696. The zero-order valence-corrected chi connectivity index (χ0v) is 52.8. The zero-order chi connectivity index (χ0) is 67.4. The Labute approximate surface area is 546 Å². The summed E-state index contributed by atoms with van der Waals surface area (Å²) in [6, 6.07) is 50.8. The first-order valence-corrected chi connectivity index (χ1v) is 30.2. The maximum Gasteiger partial charge on any atom is 0.335 e. The average molecular weight is 1290 g/mol. The third-order valence-electron chi connectivity index (χ3n) is 15.4. The van der Waals surface area contributed by atoms with E-state index in [0.29, 0.717) is 71.1 Å². The topological polar surface area (TPSA) is 239 Å². The van der Waals surface area contributed by atoms with E-state index in [1.165, 1.54) is 35.4 Å². The van der Waals surface area contributed by atoms with Crippen molar-refractivity contribution in [2.45, 2.75) is 26.9 Å². The van der Waals surface area contributed by atoms with Crippen molar-refractivity contribution in [2.24, 2.45) is 0 Å². The number of hydrogen-bond acceptors (Lipinski definition) is 13. The number of benzene rings is 8. The van der Waals surface area contributed by atoms with Gasteiger partial charge in [-0.05, 0) is 148 Å². The molecular formula is C72H68F4N14O5. The number of carbonyl (C=O) groups excluding carboxylic acids is 3. The zero-order valence-electron chi connectivity index (χ0n) is 52.8. The Morgan fingerprint density at radius 2 is 0.905 bits per heavy atom. The average Bonchev–Trinajstić information content (AvgIpc) is 0.757. The van der Waals surface area contributed by atoms with E-state index in [0.717, 1.165) is 62.0 Å². The number of nitrogens with two attached hydrogens (primary N) is 1. The lowest BCUT2D eigenvalue weighted by Gasteiger charge is -2.31. The number of urea groups is 2. The number of likely N-dealkylation sites (N-methyl/N-ethyl adjacent to an activating group) is 2. The van der Waals surface area contributed by atoms with Gasteiger partial charge in [-0.25, -0.2) is 51.7 Å². The molecule has 8 aromatic carbocycles. The molecule has 0 unspecified atom stereocenters. The highest BCUT2D eigenvalue weighted by molar-refractivity contribution is 6.06. The van der Waals surface area contributed by atoms with Crippen molar-refractivity contribution in [3.05, 3.63) is 239 Å². The lowest BCUT2D eigenvalue weighted by atomic mass is 9.97. The molecule has 8 N–H and O–H groups in total. The number of aryl methyl sites for hydroxylation is 2. The molecule has 0 fully saturated rings. The molecule has 0 atom stereocenters. The lowest BCUT2D eigenvalue weighted by Crippen LogP contribution is -2.43. The van der Waals surface area contributed by atoms with Crippen molar-refractivity contribution >= 4 is 70.2 Å². The third-order valence-corrected chi connectivity index (χ3v) is 15.4. The summed E-state index contributed by atoms with van der Waals surface area (Å²) >= 11 is 0. The second-order valence-electron chi connectivity index (χ2n) is 22.7. The van der Waals surface area contributed by atoms with Gasteiger partial charge < -0.3 is 47.2 Å². The highest BCUT2D eigenvalue weighted by Gasteiger charge is 2.36. The third kappa shape index (κ3) is 15.7. The maximum absolute atomic E-state index is 15.0. The van der Waals surface area contributed by atoms with E-state index in [-0.39, 0.29) is 48.1 Å². The van der Waals surface area contributed by atoms with Crippen LogP contribution in [-0.4, -0.2) is 113 Å². The summed E-state index contributed by atoms with van der Waals surface area (Å²) in [5, 5.41) is 24.0. The molecule has 19 nitrogen and oxygen atoms in total. The molecule has 0 saturated heterocycles. The number of aromatic carboxylic acids is 1. The molecule has 0 aliphatic carbocycles. The highest BCUT2D eigenvalue weighted by Crippen LogP contribution is 2.42. The van der Waals surface area contributed by atoms with Gasteiger partial charge in [-0.1, -0.05) is 109 Å². The van der Waals surface area contributed by atoms with Gasteiger partial charge in [0.05, 0.1) is 30.0 Å². The monoisotopic (exact) mass is 1280 g/mol. The number of carboxylic acid groups (broad SMARTS) is 1. The van der Waals surface area contributed by atoms with Crippen LogP contribution in [0.2, 0.25) is 0 Å². The molecule has 0 spiro atoms. The van der Waals surface area contributed by atoms with Gasteiger partial charge in [-0.2, -0.15) is 9.97 Å². The molecule has 12 rings (SSSR count). The van der Waals surface area contributed by atoms with Crippen LogP contribution in [0.3, 0.4) is 0 Å². The number of amides is 5. The summed E-state index contributed by atoms with van der Waals surface area (Å²) in [6.45, 7) is 5.91. The molecular weight excluding hydrogens is 1220 g/mol. The molecule has 2 aliphatic rings. The fraction of sp³-hybridized carbons (Fsp3) is 0.167. The first-order chi connectivity index (χ1) is 45.7. The molecule has 23 heteroatoms. The summed E-state index contributed by atoms with van der Waals surface area (Å²) in [5.74, 6) is -4.77. The van der Waals surface area contributed by atoms with Gasteiger partial charge in [0.1, 0.15) is 34.6 Å². The van der Waals surface area contributed by atoms with Crippen LogP contribution >= 0.6 is 0 Å². The number of fused-ring (bicyclic) bond motifs is 2. The van der Waals surface area contributed by atoms with Crippen LogP contribution in [0.25, 0.3) is 44.8 Å². The molecule has 5 amide bonds. The molecule has 0 bridgehead atoms. The number of halogens is 4. The standard InChI is InChI=1S/C36H33F2N7O2.C24H24F2N6O3.C12H11N/c1-22-12-13-25(34(46)41-26-16-14-24(15-17-26)23-8-5-4-6-9-23)20-27(22)31-28-21-40-36(47)45(32-29(37)10-7-11-30(32)38)33(28)43-35(42-31)39-18-19-44(2)3;1-13-7-8-14(22(33)34)11-15(13)19-16-12-28-24(35)32(20-17(25)5-4-6-18(20)26)21(16)30-23(29-19)27-9-10-31(2)3;13-12-8-6-11(7-9-12)10-4-2-1-3-5-10/h4-17,20H,18-19,21H2,1-3H3,(H,40,47)(H,41,46)(H,39,42,43);4-8,11H,9-10,12H2,1-3H3,(H,28,35)(H,33,34)(H,27,29,30);1-9H,13H2. The highest BCUT2D eigenvalue weighted by atomic mass is 19.1. The van der Waals surface area contributed by atoms with E-state index in [1.54, 1.807) is 25.1 Å². The van der Waals surface area contributed by atoms with Gasteiger partial charge in [0, 0.05) is 65.4 Å². The van der Waals surface area contributed by atoms with E-state index < -0.39 is 52.7 Å². The van der Waals surface area contributed by atoms with Crippen LogP contribution in [0.1, 0.15) is 43.0 Å². The molecule has 2 aromatic heterocycles. The van der Waals surface area contributed by atoms with E-state index in [9.17, 15) is 33.1 Å². The van der Waals surface area contributed by atoms with Crippen LogP contribution in [0, 0.1) is 37.1 Å². The fourth-order valence-electron chi connectivity index (χ4n) is 10.4. The Bertz CT molecular complexity index is 4410. The number of nitrogens with zero attached hydrogens (tertiary/aromatic N) is 8. The van der Waals surface area contributed by atoms with Gasteiger partial charge in [0.15, 0.2) is 11.6 Å². The van der Waals surface area contributed by atoms with Crippen LogP contribution in [-0.2, 0) is 13.1 Å². The van der Waals surface area contributed by atoms with Crippen LogP contribution in [0.15, 0.2) is 182 Å². The second kappa shape index (κ2) is 29.8. The van der Waals surface area contributed by atoms with Crippen LogP contribution < -0.4 is 42.1 Å². The quantitative estimate of drug-likeness (QED) is 0.0332. The Morgan fingerprint density at radius 1 is 0.516 bits per heavy atom. The Balaban J connectivity index is 0.000000178. The Morgan fingerprint density at radius 3 is 1.32 bits per heavy atom. The van der Waals surface area contributed by atoms with Crippen molar-refractivity contribution in [3.63, 3.8) is 0 Å². The maximum atomic E-state index is 15.0. The number of nitrogen functional groups attached to an aromatic ring is 1. The summed E-state index contributed by atoms with van der Waals surface area (Å²) in [5.41, 5.74) is 15.2. The molecule has 2 aliphatic heterocycles. The van der Waals surface area contributed by atoms with Crippen LogP contribution in [0.4, 0.5) is 73.4 Å². The predicted octanol–water partition coefficient (Wildman–Crippen LogP) is 13.7. The number of aromatic nitrogens is 4. The van der Waals surface area contributed by atoms with E-state index in [1.807, 2.05) is 148 Å². The van der Waals surface area contributed by atoms with E-state index in [4.69, 9.17) is 10.7 Å². The molecule has 484 valence electrons. The number of rotatable bonds is 17. The summed E-state index contributed by atoms with van der Waals surface area (Å²) in [7, 11) is 7.64. The molecule has 10 aromatic rings. The minimum Gasteiger partial charge on any atom is -0.478 e. The Hall–Kier alpha value is -11.6. The number of nitrogens with one attached hydrogen (secondary N) is 5. The van der Waals surface area contributed by atoms with Crippen molar-refractivity contribution in [3.8, 4) is 44.8 Å². The van der Waals surface area contributed by atoms with E-state index in [2.05, 4.69) is 53.7 Å². The predicted molar refractivity (Wildman–Crippen MR) is 363 cm³/mol. The molecule has 4 heterocycles. The van der Waals surface area contributed by atoms with Crippen molar-refractivity contribution < 1.29 is 41.8 Å². The first-order valence-electron chi connectivity index (χ1n) is 30.2. The summed E-state index contributed by atoms with van der Waals surface area (Å²) in [6.07, 6.45) is 0. The number of carboxylic acids is 1. The fourth-order valence-corrected chi connectivity index (χ4v) is 10.4. The van der Waals surface area contributed by atoms with Gasteiger partial charge in [0.25, 0.3) is 5.91 Å². The molecule has 0 radical (unpaired) electrons. The summed E-state index contributed by atoms with van der Waals surface area (Å²) < 4.78 is 59.5. The number of carbonyl (C=O) groups is 4.